The maximum atomic E-state index is 13.2. The van der Waals surface area contributed by atoms with Crippen LogP contribution >= 0.6 is 0 Å². The molecule has 0 amide bonds. The van der Waals surface area contributed by atoms with E-state index in [1.807, 2.05) is 49.6 Å². The SMILES string of the molecule is CN(c1ncnc2[nH]ccc12)[C@H]1CC[C@H](CS(=O)(=O)N2CC[C@H](S(=O)(=O)CCc3ccccc3)C2)CC1. The number of nitrogens with one attached hydrogen (secondary N) is 1. The van der Waals surface area contributed by atoms with Crippen molar-refractivity contribution in [1.29, 1.82) is 0 Å². The van der Waals surface area contributed by atoms with Gasteiger partial charge in [-0.3, -0.25) is 0 Å². The molecule has 3 aromatic rings. The fraction of sp³-hybridized carbons (Fsp3) is 0.538. The van der Waals surface area contributed by atoms with Crippen LogP contribution in [0.4, 0.5) is 5.82 Å². The average Bonchev–Trinajstić information content (AvgIpc) is 3.59. The highest BCUT2D eigenvalue weighted by atomic mass is 32.2. The number of hydrogen-bond acceptors (Lipinski definition) is 7. The highest BCUT2D eigenvalue weighted by Crippen LogP contribution is 2.33. The normalized spacial score (nSPS) is 23.4. The maximum absolute atomic E-state index is 13.2. The molecule has 0 unspecified atom stereocenters. The number of benzene rings is 1. The van der Waals surface area contributed by atoms with Crippen LogP contribution in [0, 0.1) is 5.92 Å². The van der Waals surface area contributed by atoms with Crippen molar-refractivity contribution in [1.82, 2.24) is 19.3 Å². The largest absolute Gasteiger partial charge is 0.356 e. The molecule has 0 bridgehead atoms. The monoisotopic (exact) mass is 545 g/mol. The Morgan fingerprint density at radius 1 is 1.00 bits per heavy atom. The molecule has 1 N–H and O–H groups in total. The summed E-state index contributed by atoms with van der Waals surface area (Å²) in [7, 11) is -4.82. The lowest BCUT2D eigenvalue weighted by Crippen LogP contribution is -2.39. The Labute approximate surface area is 219 Å². The molecule has 3 heterocycles. The summed E-state index contributed by atoms with van der Waals surface area (Å²) in [5.41, 5.74) is 1.79. The van der Waals surface area contributed by atoms with Gasteiger partial charge in [0.15, 0.2) is 9.84 Å². The first-order chi connectivity index (χ1) is 17.7. The molecule has 0 spiro atoms. The van der Waals surface area contributed by atoms with E-state index in [2.05, 4.69) is 19.9 Å². The number of anilines is 1. The number of nitrogens with zero attached hydrogens (tertiary/aromatic N) is 4. The Morgan fingerprint density at radius 3 is 2.51 bits per heavy atom. The topological polar surface area (TPSA) is 116 Å². The Morgan fingerprint density at radius 2 is 1.76 bits per heavy atom. The minimum absolute atomic E-state index is 0.0501. The summed E-state index contributed by atoms with van der Waals surface area (Å²) in [5, 5.41) is 0.366. The van der Waals surface area contributed by atoms with Crippen LogP contribution in [0.25, 0.3) is 11.0 Å². The third kappa shape index (κ3) is 5.83. The minimum Gasteiger partial charge on any atom is -0.356 e. The summed E-state index contributed by atoms with van der Waals surface area (Å²) in [6.07, 6.45) is 7.68. The molecule has 1 aromatic carbocycles. The number of sulfone groups is 1. The van der Waals surface area contributed by atoms with Gasteiger partial charge in [0.25, 0.3) is 0 Å². The summed E-state index contributed by atoms with van der Waals surface area (Å²) in [4.78, 5) is 14.1. The van der Waals surface area contributed by atoms with Crippen molar-refractivity contribution in [2.45, 2.75) is 49.8 Å². The molecule has 1 atom stereocenters. The van der Waals surface area contributed by atoms with E-state index in [0.717, 1.165) is 48.1 Å². The molecule has 200 valence electrons. The van der Waals surface area contributed by atoms with E-state index in [1.165, 1.54) is 4.31 Å². The summed E-state index contributed by atoms with van der Waals surface area (Å²) in [6, 6.07) is 11.8. The van der Waals surface area contributed by atoms with Crippen LogP contribution in [0.2, 0.25) is 0 Å². The lowest BCUT2D eigenvalue weighted by atomic mass is 9.86. The summed E-state index contributed by atoms with van der Waals surface area (Å²) in [5.74, 6) is 1.12. The number of sulfonamides is 1. The molecule has 0 radical (unpaired) electrons. The number of aromatic amines is 1. The van der Waals surface area contributed by atoms with E-state index in [0.29, 0.717) is 12.8 Å². The quantitative estimate of drug-likeness (QED) is 0.439. The first-order valence-corrected chi connectivity index (χ1v) is 16.3. The van der Waals surface area contributed by atoms with Crippen LogP contribution in [-0.4, -0.2) is 79.0 Å². The number of hydrogen-bond donors (Lipinski definition) is 1. The average molecular weight is 546 g/mol. The third-order valence-corrected chi connectivity index (χ3v) is 12.2. The molecule has 11 heteroatoms. The molecule has 37 heavy (non-hydrogen) atoms. The summed E-state index contributed by atoms with van der Waals surface area (Å²) >= 11 is 0. The molecule has 1 saturated carbocycles. The smallest absolute Gasteiger partial charge is 0.214 e. The van der Waals surface area contributed by atoms with Gasteiger partial charge in [0.05, 0.1) is 22.1 Å². The molecule has 2 aliphatic rings. The van der Waals surface area contributed by atoms with Crippen molar-refractivity contribution in [3.8, 4) is 0 Å². The third-order valence-electron chi connectivity index (χ3n) is 8.00. The number of aromatic nitrogens is 3. The second kappa shape index (κ2) is 10.7. The molecule has 9 nitrogen and oxygen atoms in total. The van der Waals surface area contributed by atoms with Gasteiger partial charge in [-0.25, -0.2) is 31.1 Å². The number of aryl methyl sites for hydroxylation is 1. The van der Waals surface area contributed by atoms with E-state index < -0.39 is 25.1 Å². The van der Waals surface area contributed by atoms with Gasteiger partial charge in [0.2, 0.25) is 10.0 Å². The molecule has 5 rings (SSSR count). The zero-order chi connectivity index (χ0) is 26.0. The van der Waals surface area contributed by atoms with Crippen molar-refractivity contribution >= 4 is 36.7 Å². The minimum atomic E-state index is -3.50. The van der Waals surface area contributed by atoms with Crippen LogP contribution in [-0.2, 0) is 26.3 Å². The van der Waals surface area contributed by atoms with Crippen LogP contribution < -0.4 is 4.90 Å². The Bertz CT molecular complexity index is 1420. The van der Waals surface area contributed by atoms with Crippen molar-refractivity contribution in [2.24, 2.45) is 5.92 Å². The van der Waals surface area contributed by atoms with Gasteiger partial charge in [-0.15, -0.1) is 0 Å². The molecule has 2 aromatic heterocycles. The van der Waals surface area contributed by atoms with Crippen molar-refractivity contribution in [3.05, 3.63) is 54.5 Å². The van der Waals surface area contributed by atoms with Gasteiger partial charge in [0, 0.05) is 32.4 Å². The number of H-pyrrole nitrogens is 1. The summed E-state index contributed by atoms with van der Waals surface area (Å²) in [6.45, 7) is 0.369. The Balaban J connectivity index is 1.13. The fourth-order valence-corrected chi connectivity index (χ4v) is 9.48. The molecule has 1 aliphatic carbocycles. The van der Waals surface area contributed by atoms with Crippen LogP contribution in [0.3, 0.4) is 0 Å². The van der Waals surface area contributed by atoms with Crippen LogP contribution in [0.1, 0.15) is 37.7 Å². The van der Waals surface area contributed by atoms with E-state index in [-0.39, 0.29) is 36.6 Å². The van der Waals surface area contributed by atoms with Crippen molar-refractivity contribution in [2.75, 3.05) is 36.5 Å². The van der Waals surface area contributed by atoms with Gasteiger partial charge < -0.3 is 9.88 Å². The highest BCUT2D eigenvalue weighted by Gasteiger charge is 2.39. The Kier molecular flexibility index (Phi) is 7.56. The second-order valence-electron chi connectivity index (χ2n) is 10.4. The van der Waals surface area contributed by atoms with Gasteiger partial charge in [-0.2, -0.15) is 0 Å². The lowest BCUT2D eigenvalue weighted by molar-refractivity contribution is 0.336. The van der Waals surface area contributed by atoms with E-state index in [9.17, 15) is 16.8 Å². The first kappa shape index (κ1) is 26.1. The van der Waals surface area contributed by atoms with Gasteiger partial charge in [-0.1, -0.05) is 30.3 Å². The predicted octanol–water partition coefficient (Wildman–Crippen LogP) is 3.01. The van der Waals surface area contributed by atoms with Crippen LogP contribution in [0.15, 0.2) is 48.9 Å². The van der Waals surface area contributed by atoms with Gasteiger partial charge >= 0.3 is 0 Å². The molecule has 1 aliphatic heterocycles. The number of rotatable bonds is 9. The zero-order valence-electron chi connectivity index (χ0n) is 21.2. The second-order valence-corrected chi connectivity index (χ2v) is 14.8. The zero-order valence-corrected chi connectivity index (χ0v) is 22.8. The van der Waals surface area contributed by atoms with Gasteiger partial charge in [0.1, 0.15) is 17.8 Å². The van der Waals surface area contributed by atoms with E-state index in [4.69, 9.17) is 0 Å². The molecular formula is C26H35N5O4S2. The first-order valence-electron chi connectivity index (χ1n) is 13.0. The maximum Gasteiger partial charge on any atom is 0.214 e. The fourth-order valence-electron chi connectivity index (χ4n) is 5.73. The van der Waals surface area contributed by atoms with Crippen LogP contribution in [0.5, 0.6) is 0 Å². The van der Waals surface area contributed by atoms with E-state index >= 15 is 0 Å². The van der Waals surface area contributed by atoms with Crippen molar-refractivity contribution < 1.29 is 16.8 Å². The van der Waals surface area contributed by atoms with E-state index in [1.54, 1.807) is 6.33 Å². The molecule has 1 saturated heterocycles. The lowest BCUT2D eigenvalue weighted by Gasteiger charge is -2.35. The van der Waals surface area contributed by atoms with Gasteiger partial charge in [-0.05, 0) is 56.1 Å². The highest BCUT2D eigenvalue weighted by molar-refractivity contribution is 7.92. The number of fused-ring (bicyclic) bond motifs is 1. The molecule has 2 fully saturated rings. The predicted molar refractivity (Wildman–Crippen MR) is 146 cm³/mol. The summed E-state index contributed by atoms with van der Waals surface area (Å²) < 4.78 is 53.7. The van der Waals surface area contributed by atoms with Crippen molar-refractivity contribution in [3.63, 3.8) is 0 Å². The standard InChI is InChI=1S/C26H35N5O4S2/c1-30(26-24-11-14-27-25(24)28-19-29-26)22-9-7-21(8-10-22)18-37(34,35)31-15-12-23(17-31)36(32,33)16-13-20-5-3-2-4-6-20/h2-6,11,14,19,21-23H,7-10,12-13,15-18H2,1H3,(H,27,28,29)/t21-,22-,23-/m0/s1. The Hall–Kier alpha value is -2.50. The molecular weight excluding hydrogens is 510 g/mol.